The highest BCUT2D eigenvalue weighted by atomic mass is 19.1. The number of para-hydroxylation sites is 1. The van der Waals surface area contributed by atoms with Crippen LogP contribution < -0.4 is 4.90 Å². The van der Waals surface area contributed by atoms with Crippen LogP contribution in [0.25, 0.3) is 0 Å². The van der Waals surface area contributed by atoms with Crippen LogP contribution in [-0.2, 0) is 11.2 Å². The standard InChI is InChI=1S/C22H23FN2O2/c1-15-14-18-4-2-3-5-20(18)25(15)22(27)17-10-12-24(13-11-17)21(26)16-6-8-19(23)9-7-16/h2-9,15,17H,10-14H2,1H3/t15-/m1/s1. The summed E-state index contributed by atoms with van der Waals surface area (Å²) in [4.78, 5) is 29.4. The highest BCUT2D eigenvalue weighted by Gasteiger charge is 2.36. The van der Waals surface area contributed by atoms with Crippen molar-refractivity contribution in [2.75, 3.05) is 18.0 Å². The largest absolute Gasteiger partial charge is 0.339 e. The molecule has 4 rings (SSSR count). The Balaban J connectivity index is 1.41. The van der Waals surface area contributed by atoms with Crippen LogP contribution in [0, 0.1) is 11.7 Å². The van der Waals surface area contributed by atoms with E-state index in [4.69, 9.17) is 0 Å². The second-order valence-electron chi connectivity index (χ2n) is 7.46. The first kappa shape index (κ1) is 17.7. The number of fused-ring (bicyclic) bond motifs is 1. The fourth-order valence-corrected chi connectivity index (χ4v) is 4.20. The molecule has 0 saturated carbocycles. The lowest BCUT2D eigenvalue weighted by Crippen LogP contribution is -2.46. The molecular weight excluding hydrogens is 343 g/mol. The lowest BCUT2D eigenvalue weighted by atomic mass is 9.94. The van der Waals surface area contributed by atoms with Crippen LogP contribution in [0.5, 0.6) is 0 Å². The number of likely N-dealkylation sites (tertiary alicyclic amines) is 1. The molecular formula is C22H23FN2O2. The first-order valence-corrected chi connectivity index (χ1v) is 9.50. The lowest BCUT2D eigenvalue weighted by Gasteiger charge is -2.34. The van der Waals surface area contributed by atoms with Gasteiger partial charge in [-0.15, -0.1) is 0 Å². The molecule has 5 heteroatoms. The Bertz CT molecular complexity index is 857. The summed E-state index contributed by atoms with van der Waals surface area (Å²) in [5.41, 5.74) is 2.74. The number of anilines is 1. The number of piperidine rings is 1. The van der Waals surface area contributed by atoms with Gasteiger partial charge in [-0.25, -0.2) is 4.39 Å². The van der Waals surface area contributed by atoms with Crippen LogP contribution in [-0.4, -0.2) is 35.8 Å². The Labute approximate surface area is 158 Å². The molecule has 0 radical (unpaired) electrons. The molecule has 27 heavy (non-hydrogen) atoms. The van der Waals surface area contributed by atoms with Crippen molar-refractivity contribution < 1.29 is 14.0 Å². The molecule has 1 saturated heterocycles. The van der Waals surface area contributed by atoms with Gasteiger partial charge in [-0.1, -0.05) is 18.2 Å². The Hall–Kier alpha value is -2.69. The molecule has 0 N–H and O–H groups in total. The number of carbonyl (C=O) groups is 2. The van der Waals surface area contributed by atoms with Crippen molar-refractivity contribution in [3.63, 3.8) is 0 Å². The number of hydrogen-bond donors (Lipinski definition) is 0. The predicted octanol–water partition coefficient (Wildman–Crippen LogP) is 3.66. The number of nitrogens with zero attached hydrogens (tertiary/aromatic N) is 2. The third-order valence-electron chi connectivity index (χ3n) is 5.67. The van der Waals surface area contributed by atoms with Gasteiger partial charge >= 0.3 is 0 Å². The van der Waals surface area contributed by atoms with Crippen molar-refractivity contribution in [1.82, 2.24) is 4.90 Å². The molecule has 0 bridgehead atoms. The monoisotopic (exact) mass is 366 g/mol. The Morgan fingerprint density at radius 1 is 1.00 bits per heavy atom. The van der Waals surface area contributed by atoms with E-state index >= 15 is 0 Å². The predicted molar refractivity (Wildman–Crippen MR) is 102 cm³/mol. The van der Waals surface area contributed by atoms with E-state index in [1.165, 1.54) is 29.8 Å². The number of amides is 2. The molecule has 2 amide bonds. The van der Waals surface area contributed by atoms with Gasteiger partial charge in [0, 0.05) is 36.3 Å². The van der Waals surface area contributed by atoms with E-state index in [-0.39, 0.29) is 29.6 Å². The summed E-state index contributed by atoms with van der Waals surface area (Å²) in [6, 6.07) is 13.9. The molecule has 2 aliphatic heterocycles. The molecule has 0 spiro atoms. The Kier molecular flexibility index (Phi) is 4.68. The topological polar surface area (TPSA) is 40.6 Å². The van der Waals surface area contributed by atoms with Gasteiger partial charge in [0.25, 0.3) is 5.91 Å². The molecule has 0 aliphatic carbocycles. The zero-order valence-corrected chi connectivity index (χ0v) is 15.4. The second kappa shape index (κ2) is 7.14. The summed E-state index contributed by atoms with van der Waals surface area (Å²) in [6.45, 7) is 3.19. The van der Waals surface area contributed by atoms with E-state index in [1.807, 2.05) is 23.1 Å². The lowest BCUT2D eigenvalue weighted by molar-refractivity contribution is -0.124. The Morgan fingerprint density at radius 2 is 1.67 bits per heavy atom. The summed E-state index contributed by atoms with van der Waals surface area (Å²) < 4.78 is 13.1. The zero-order chi connectivity index (χ0) is 19.0. The summed E-state index contributed by atoms with van der Waals surface area (Å²) in [5.74, 6) is -0.339. The fraction of sp³-hybridized carbons (Fsp3) is 0.364. The van der Waals surface area contributed by atoms with E-state index in [0.717, 1.165) is 12.1 Å². The van der Waals surface area contributed by atoms with Crippen molar-refractivity contribution in [3.8, 4) is 0 Å². The maximum Gasteiger partial charge on any atom is 0.253 e. The van der Waals surface area contributed by atoms with Gasteiger partial charge in [-0.2, -0.15) is 0 Å². The van der Waals surface area contributed by atoms with Gasteiger partial charge in [0.1, 0.15) is 5.82 Å². The van der Waals surface area contributed by atoms with E-state index in [9.17, 15) is 14.0 Å². The van der Waals surface area contributed by atoms with Crippen LogP contribution in [0.3, 0.4) is 0 Å². The minimum Gasteiger partial charge on any atom is -0.339 e. The quantitative estimate of drug-likeness (QED) is 0.814. The number of hydrogen-bond acceptors (Lipinski definition) is 2. The molecule has 0 aromatic heterocycles. The third kappa shape index (κ3) is 3.34. The van der Waals surface area contributed by atoms with Crippen LogP contribution in [0.15, 0.2) is 48.5 Å². The molecule has 1 fully saturated rings. The van der Waals surface area contributed by atoms with Crippen molar-refractivity contribution >= 4 is 17.5 Å². The summed E-state index contributed by atoms with van der Waals surface area (Å²) in [6.07, 6.45) is 2.22. The van der Waals surface area contributed by atoms with Crippen LogP contribution >= 0.6 is 0 Å². The number of benzene rings is 2. The SMILES string of the molecule is C[C@@H]1Cc2ccccc2N1C(=O)C1CCN(C(=O)c2ccc(F)cc2)CC1. The summed E-state index contributed by atoms with van der Waals surface area (Å²) in [7, 11) is 0. The molecule has 2 aromatic rings. The number of halogens is 1. The van der Waals surface area contributed by atoms with Gasteiger partial charge in [-0.3, -0.25) is 9.59 Å². The van der Waals surface area contributed by atoms with Gasteiger partial charge < -0.3 is 9.80 Å². The van der Waals surface area contributed by atoms with Crippen LogP contribution in [0.4, 0.5) is 10.1 Å². The molecule has 4 nitrogen and oxygen atoms in total. The number of rotatable bonds is 2. The minimum absolute atomic E-state index is 0.0594. The van der Waals surface area contributed by atoms with Crippen molar-refractivity contribution in [2.45, 2.75) is 32.2 Å². The van der Waals surface area contributed by atoms with E-state index in [1.54, 1.807) is 4.90 Å². The summed E-state index contributed by atoms with van der Waals surface area (Å²) in [5, 5.41) is 0. The average molecular weight is 366 g/mol. The second-order valence-corrected chi connectivity index (χ2v) is 7.46. The van der Waals surface area contributed by atoms with E-state index in [2.05, 4.69) is 13.0 Å². The maximum atomic E-state index is 13.1. The van der Waals surface area contributed by atoms with Gasteiger partial charge in [0.05, 0.1) is 0 Å². The fourth-order valence-electron chi connectivity index (χ4n) is 4.20. The van der Waals surface area contributed by atoms with Crippen molar-refractivity contribution in [2.24, 2.45) is 5.92 Å². The third-order valence-corrected chi connectivity index (χ3v) is 5.67. The van der Waals surface area contributed by atoms with Crippen LogP contribution in [0.2, 0.25) is 0 Å². The smallest absolute Gasteiger partial charge is 0.253 e. The first-order chi connectivity index (χ1) is 13.0. The average Bonchev–Trinajstić information content (AvgIpc) is 3.03. The molecule has 140 valence electrons. The van der Waals surface area contributed by atoms with Crippen molar-refractivity contribution in [3.05, 3.63) is 65.5 Å². The Morgan fingerprint density at radius 3 is 2.37 bits per heavy atom. The van der Waals surface area contributed by atoms with E-state index in [0.29, 0.717) is 31.5 Å². The first-order valence-electron chi connectivity index (χ1n) is 9.50. The molecule has 0 unspecified atom stereocenters. The minimum atomic E-state index is -0.351. The molecule has 1 atom stereocenters. The van der Waals surface area contributed by atoms with Crippen LogP contribution in [0.1, 0.15) is 35.7 Å². The highest BCUT2D eigenvalue weighted by molar-refractivity contribution is 5.98. The van der Waals surface area contributed by atoms with Crippen molar-refractivity contribution in [1.29, 1.82) is 0 Å². The number of carbonyl (C=O) groups excluding carboxylic acids is 2. The van der Waals surface area contributed by atoms with E-state index < -0.39 is 0 Å². The maximum absolute atomic E-state index is 13.1. The van der Waals surface area contributed by atoms with Gasteiger partial charge in [0.15, 0.2) is 0 Å². The molecule has 2 heterocycles. The molecule has 2 aliphatic rings. The molecule has 2 aromatic carbocycles. The van der Waals surface area contributed by atoms with Gasteiger partial charge in [-0.05, 0) is 62.1 Å². The summed E-state index contributed by atoms with van der Waals surface area (Å²) >= 11 is 0. The van der Waals surface area contributed by atoms with Gasteiger partial charge in [0.2, 0.25) is 5.91 Å². The highest BCUT2D eigenvalue weighted by Crippen LogP contribution is 2.34. The normalized spacial score (nSPS) is 19.9. The zero-order valence-electron chi connectivity index (χ0n) is 15.4.